The van der Waals surface area contributed by atoms with E-state index in [1.54, 1.807) is 24.3 Å². The van der Waals surface area contributed by atoms with E-state index in [2.05, 4.69) is 5.32 Å². The van der Waals surface area contributed by atoms with Crippen molar-refractivity contribution in [1.82, 2.24) is 0 Å². The number of hydrogen-bond donors (Lipinski definition) is 1. The minimum absolute atomic E-state index is 0.368. The van der Waals surface area contributed by atoms with Crippen molar-refractivity contribution in [1.29, 1.82) is 0 Å². The summed E-state index contributed by atoms with van der Waals surface area (Å²) in [6, 6.07) is 6.68. The highest BCUT2D eigenvalue weighted by molar-refractivity contribution is 7.91. The minimum Gasteiger partial charge on any atom is -0.462 e. The van der Waals surface area contributed by atoms with Crippen LogP contribution in [0.1, 0.15) is 0 Å². The van der Waals surface area contributed by atoms with Gasteiger partial charge < -0.3 is 10.1 Å². The maximum atomic E-state index is 11.4. The number of rotatable bonds is 1. The van der Waals surface area contributed by atoms with E-state index in [4.69, 9.17) is 4.74 Å². The molecule has 0 spiro atoms. The number of ether oxygens (including phenoxy) is 1. The largest absolute Gasteiger partial charge is 0.462 e. The standard InChI is InChI=1S/C9H9NO4S/c1-15(12,13)9-8(11)10-6-4-2-3-5-7(6)14-9/h2-5,9H,1H3,(H,10,11). The van der Waals surface area contributed by atoms with Crippen LogP contribution in [0.2, 0.25) is 0 Å². The number of hydrogen-bond acceptors (Lipinski definition) is 4. The van der Waals surface area contributed by atoms with Crippen LogP contribution in [-0.2, 0) is 14.6 Å². The summed E-state index contributed by atoms with van der Waals surface area (Å²) in [6.07, 6.45) is 0.963. The number of carbonyl (C=O) groups excluding carboxylic acids is 1. The Hall–Kier alpha value is -1.56. The van der Waals surface area contributed by atoms with Crippen LogP contribution >= 0.6 is 0 Å². The molecular weight excluding hydrogens is 218 g/mol. The number of sulfone groups is 1. The van der Waals surface area contributed by atoms with Crippen LogP contribution in [0.25, 0.3) is 0 Å². The van der Waals surface area contributed by atoms with Crippen LogP contribution in [0.4, 0.5) is 5.69 Å². The fraction of sp³-hybridized carbons (Fsp3) is 0.222. The molecule has 1 aliphatic heterocycles. The highest BCUT2D eigenvalue weighted by Crippen LogP contribution is 2.29. The first-order valence-corrected chi connectivity index (χ1v) is 6.19. The zero-order valence-corrected chi connectivity index (χ0v) is 8.74. The van der Waals surface area contributed by atoms with Gasteiger partial charge in [-0.15, -0.1) is 0 Å². The second-order valence-electron chi connectivity index (χ2n) is 3.26. The van der Waals surface area contributed by atoms with Crippen LogP contribution in [0.3, 0.4) is 0 Å². The number of para-hydroxylation sites is 2. The molecule has 1 N–H and O–H groups in total. The van der Waals surface area contributed by atoms with Gasteiger partial charge in [0.1, 0.15) is 5.75 Å². The van der Waals surface area contributed by atoms with E-state index in [1.165, 1.54) is 0 Å². The summed E-state index contributed by atoms with van der Waals surface area (Å²) in [7, 11) is -3.55. The van der Waals surface area contributed by atoms with E-state index in [-0.39, 0.29) is 0 Å². The molecule has 2 rings (SSSR count). The third-order valence-electron chi connectivity index (χ3n) is 1.98. The maximum Gasteiger partial charge on any atom is 0.281 e. The number of fused-ring (bicyclic) bond motifs is 1. The van der Waals surface area contributed by atoms with Crippen LogP contribution in [-0.4, -0.2) is 26.0 Å². The predicted octanol–water partition coefficient (Wildman–Crippen LogP) is 0.388. The lowest BCUT2D eigenvalue weighted by Gasteiger charge is -2.24. The number of carbonyl (C=O) groups is 1. The molecule has 1 aromatic rings. The van der Waals surface area contributed by atoms with Gasteiger partial charge in [-0.05, 0) is 12.1 Å². The van der Waals surface area contributed by atoms with E-state index in [9.17, 15) is 13.2 Å². The molecule has 6 heteroatoms. The van der Waals surface area contributed by atoms with Gasteiger partial charge in [0.15, 0.2) is 9.84 Å². The summed E-state index contributed by atoms with van der Waals surface area (Å²) < 4.78 is 27.5. The van der Waals surface area contributed by atoms with Gasteiger partial charge in [-0.1, -0.05) is 12.1 Å². The van der Waals surface area contributed by atoms with Crippen LogP contribution < -0.4 is 10.1 Å². The van der Waals surface area contributed by atoms with Crippen molar-refractivity contribution in [2.24, 2.45) is 0 Å². The second kappa shape index (κ2) is 3.23. The normalized spacial score (nSPS) is 20.1. The first kappa shape index (κ1) is 9.97. The van der Waals surface area contributed by atoms with E-state index >= 15 is 0 Å². The number of amides is 1. The maximum absolute atomic E-state index is 11.4. The van der Waals surface area contributed by atoms with Crippen LogP contribution in [0, 0.1) is 0 Å². The highest BCUT2D eigenvalue weighted by atomic mass is 32.2. The third kappa shape index (κ3) is 1.80. The molecule has 0 bridgehead atoms. The summed E-state index contributed by atoms with van der Waals surface area (Å²) in [6.45, 7) is 0. The quantitative estimate of drug-likeness (QED) is 0.753. The fourth-order valence-corrected chi connectivity index (χ4v) is 2.04. The van der Waals surface area contributed by atoms with Crippen LogP contribution in [0.15, 0.2) is 24.3 Å². The lowest BCUT2D eigenvalue weighted by Crippen LogP contribution is -2.42. The molecule has 1 amide bonds. The molecule has 1 heterocycles. The van der Waals surface area contributed by atoms with E-state index in [0.717, 1.165) is 6.26 Å². The summed E-state index contributed by atoms with van der Waals surface area (Å²) in [5, 5.41) is 2.47. The minimum atomic E-state index is -3.55. The molecule has 1 unspecified atom stereocenters. The zero-order valence-electron chi connectivity index (χ0n) is 7.93. The van der Waals surface area contributed by atoms with Gasteiger partial charge in [-0.3, -0.25) is 4.79 Å². The Kier molecular flexibility index (Phi) is 2.15. The van der Waals surface area contributed by atoms with Crippen molar-refractivity contribution in [2.75, 3.05) is 11.6 Å². The molecule has 0 fully saturated rings. The highest BCUT2D eigenvalue weighted by Gasteiger charge is 2.35. The fourth-order valence-electron chi connectivity index (χ4n) is 1.32. The van der Waals surface area contributed by atoms with Gasteiger partial charge in [0, 0.05) is 6.26 Å². The first-order valence-electron chi connectivity index (χ1n) is 4.24. The molecule has 0 saturated heterocycles. The van der Waals surface area contributed by atoms with Crippen LogP contribution in [0.5, 0.6) is 5.75 Å². The summed E-state index contributed by atoms with van der Waals surface area (Å²) in [5.41, 5.74) is -0.963. The molecule has 0 aliphatic carbocycles. The Morgan fingerprint density at radius 3 is 2.67 bits per heavy atom. The molecule has 1 aromatic carbocycles. The van der Waals surface area contributed by atoms with Crippen molar-refractivity contribution in [3.05, 3.63) is 24.3 Å². The van der Waals surface area contributed by atoms with Gasteiger partial charge >= 0.3 is 0 Å². The monoisotopic (exact) mass is 227 g/mol. The molecule has 1 atom stereocenters. The Morgan fingerprint density at radius 2 is 2.00 bits per heavy atom. The Balaban J connectivity index is 2.43. The Morgan fingerprint density at radius 1 is 1.33 bits per heavy atom. The van der Waals surface area contributed by atoms with Crippen molar-refractivity contribution in [2.45, 2.75) is 5.44 Å². The summed E-state index contributed by atoms with van der Waals surface area (Å²) in [4.78, 5) is 11.4. The first-order chi connectivity index (χ1) is 6.98. The summed E-state index contributed by atoms with van der Waals surface area (Å²) in [5.74, 6) is -0.288. The molecule has 80 valence electrons. The Labute approximate surface area is 87.0 Å². The van der Waals surface area contributed by atoms with E-state index in [1.807, 2.05) is 0 Å². The molecule has 5 nitrogen and oxygen atoms in total. The molecular formula is C9H9NO4S. The second-order valence-corrected chi connectivity index (χ2v) is 5.35. The number of anilines is 1. The molecule has 0 saturated carbocycles. The van der Waals surface area contributed by atoms with Gasteiger partial charge in [-0.25, -0.2) is 8.42 Å². The van der Waals surface area contributed by atoms with Gasteiger partial charge in [0.2, 0.25) is 0 Å². The molecule has 0 radical (unpaired) electrons. The van der Waals surface area contributed by atoms with E-state index in [0.29, 0.717) is 11.4 Å². The smallest absolute Gasteiger partial charge is 0.281 e. The SMILES string of the molecule is CS(=O)(=O)C1Oc2ccccc2NC1=O. The predicted molar refractivity (Wildman–Crippen MR) is 54.3 cm³/mol. The lowest BCUT2D eigenvalue weighted by atomic mass is 10.2. The zero-order chi connectivity index (χ0) is 11.1. The Bertz CT molecular complexity index is 509. The van der Waals surface area contributed by atoms with Crippen molar-refractivity contribution < 1.29 is 17.9 Å². The molecule has 15 heavy (non-hydrogen) atoms. The average Bonchev–Trinajstić information content (AvgIpc) is 2.15. The lowest BCUT2D eigenvalue weighted by molar-refractivity contribution is -0.120. The molecule has 0 aromatic heterocycles. The molecule has 1 aliphatic rings. The number of benzene rings is 1. The average molecular weight is 227 g/mol. The summed E-state index contributed by atoms with van der Waals surface area (Å²) >= 11 is 0. The van der Waals surface area contributed by atoms with Crippen molar-refractivity contribution in [3.8, 4) is 5.75 Å². The van der Waals surface area contributed by atoms with Gasteiger partial charge in [0.05, 0.1) is 5.69 Å². The van der Waals surface area contributed by atoms with Gasteiger partial charge in [0.25, 0.3) is 11.3 Å². The third-order valence-corrected chi connectivity index (χ3v) is 3.07. The van der Waals surface area contributed by atoms with Gasteiger partial charge in [-0.2, -0.15) is 0 Å². The topological polar surface area (TPSA) is 72.5 Å². The van der Waals surface area contributed by atoms with E-state index < -0.39 is 21.2 Å². The van der Waals surface area contributed by atoms with Crippen molar-refractivity contribution in [3.63, 3.8) is 0 Å². The number of nitrogens with one attached hydrogen (secondary N) is 1. The van der Waals surface area contributed by atoms with Crippen molar-refractivity contribution >= 4 is 21.4 Å².